The lowest BCUT2D eigenvalue weighted by Crippen LogP contribution is -2.18. The maximum Gasteiger partial charge on any atom is 0.136 e. The minimum absolute atomic E-state index is 0.201. The van der Waals surface area contributed by atoms with Gasteiger partial charge >= 0.3 is 0 Å². The van der Waals surface area contributed by atoms with Gasteiger partial charge in [0.25, 0.3) is 0 Å². The molecule has 2 N–H and O–H groups in total. The highest BCUT2D eigenvalue weighted by Gasteiger charge is 2.12. The fourth-order valence-electron chi connectivity index (χ4n) is 1.93. The molecule has 0 spiro atoms. The van der Waals surface area contributed by atoms with Crippen molar-refractivity contribution in [1.29, 1.82) is 0 Å². The fourth-order valence-corrected chi connectivity index (χ4v) is 1.93. The van der Waals surface area contributed by atoms with Gasteiger partial charge < -0.3 is 19.9 Å². The number of ether oxygens (including phenoxy) is 3. The fraction of sp³-hybridized carbons (Fsp3) is 0.250. The van der Waals surface area contributed by atoms with E-state index in [1.807, 2.05) is 42.5 Å². The normalized spacial score (nSPS) is 11.8. The number of nitrogens with two attached hydrogens (primary N) is 1. The van der Waals surface area contributed by atoms with Crippen LogP contribution in [0.4, 0.5) is 0 Å². The highest BCUT2D eigenvalue weighted by molar-refractivity contribution is 5.42. The second-order valence-corrected chi connectivity index (χ2v) is 4.30. The monoisotopic (exact) mass is 273 g/mol. The molecule has 20 heavy (non-hydrogen) atoms. The molecule has 1 atom stereocenters. The van der Waals surface area contributed by atoms with Crippen LogP contribution in [0, 0.1) is 0 Å². The predicted octanol–water partition coefficient (Wildman–Crippen LogP) is 2.78. The first-order valence-corrected chi connectivity index (χ1v) is 6.41. The first kappa shape index (κ1) is 14.2. The van der Waals surface area contributed by atoms with Crippen molar-refractivity contribution >= 4 is 0 Å². The third kappa shape index (κ3) is 3.42. The van der Waals surface area contributed by atoms with E-state index in [0.717, 1.165) is 5.56 Å². The molecular weight excluding hydrogens is 254 g/mol. The molecular formula is C16H19NO3. The molecule has 0 heterocycles. The van der Waals surface area contributed by atoms with Gasteiger partial charge in [-0.2, -0.15) is 0 Å². The molecule has 0 aliphatic carbocycles. The Kier molecular flexibility index (Phi) is 4.85. The zero-order valence-electron chi connectivity index (χ0n) is 11.7. The summed E-state index contributed by atoms with van der Waals surface area (Å²) < 4.78 is 16.4. The Morgan fingerprint density at radius 3 is 1.95 bits per heavy atom. The van der Waals surface area contributed by atoms with E-state index in [1.165, 1.54) is 0 Å². The van der Waals surface area contributed by atoms with Crippen LogP contribution in [-0.4, -0.2) is 20.8 Å². The van der Waals surface area contributed by atoms with Gasteiger partial charge in [0.2, 0.25) is 0 Å². The summed E-state index contributed by atoms with van der Waals surface area (Å²) in [5.74, 6) is 2.03. The number of rotatable bonds is 6. The lowest BCUT2D eigenvalue weighted by molar-refractivity contribution is 0.212. The molecule has 0 saturated heterocycles. The van der Waals surface area contributed by atoms with Gasteiger partial charge in [-0.05, 0) is 5.56 Å². The maximum absolute atomic E-state index is 5.95. The van der Waals surface area contributed by atoms with Gasteiger partial charge in [0.05, 0.1) is 14.2 Å². The average Bonchev–Trinajstić information content (AvgIpc) is 2.53. The van der Waals surface area contributed by atoms with Crippen LogP contribution in [0.1, 0.15) is 11.7 Å². The minimum Gasteiger partial charge on any atom is -0.496 e. The van der Waals surface area contributed by atoms with Crippen LogP contribution < -0.4 is 19.9 Å². The van der Waals surface area contributed by atoms with Crippen molar-refractivity contribution in [3.63, 3.8) is 0 Å². The van der Waals surface area contributed by atoms with Crippen molar-refractivity contribution in [3.8, 4) is 17.2 Å². The van der Waals surface area contributed by atoms with Crippen molar-refractivity contribution < 1.29 is 14.2 Å². The molecule has 0 aliphatic rings. The van der Waals surface area contributed by atoms with E-state index in [0.29, 0.717) is 23.8 Å². The summed E-state index contributed by atoms with van der Waals surface area (Å²) in [4.78, 5) is 0. The quantitative estimate of drug-likeness (QED) is 0.879. The molecule has 106 valence electrons. The second-order valence-electron chi connectivity index (χ2n) is 4.30. The molecule has 0 saturated carbocycles. The Hall–Kier alpha value is -2.20. The van der Waals surface area contributed by atoms with Crippen LogP contribution >= 0.6 is 0 Å². The van der Waals surface area contributed by atoms with E-state index in [4.69, 9.17) is 19.9 Å². The molecule has 0 fully saturated rings. The van der Waals surface area contributed by atoms with E-state index in [1.54, 1.807) is 20.3 Å². The maximum atomic E-state index is 5.95. The standard InChI is InChI=1S/C16H19NO3/c1-18-13-8-14(19-2)10-15(9-13)20-16(11-17)12-6-4-3-5-7-12/h3-10,16H,11,17H2,1-2H3. The van der Waals surface area contributed by atoms with E-state index in [9.17, 15) is 0 Å². The molecule has 4 heteroatoms. The van der Waals surface area contributed by atoms with Crippen molar-refractivity contribution in [2.75, 3.05) is 20.8 Å². The Morgan fingerprint density at radius 1 is 0.900 bits per heavy atom. The summed E-state index contributed by atoms with van der Waals surface area (Å²) in [7, 11) is 3.21. The van der Waals surface area contributed by atoms with Gasteiger partial charge in [-0.3, -0.25) is 0 Å². The summed E-state index contributed by atoms with van der Waals surface area (Å²) in [6, 6.07) is 15.3. The minimum atomic E-state index is -0.201. The largest absolute Gasteiger partial charge is 0.496 e. The highest BCUT2D eigenvalue weighted by Crippen LogP contribution is 2.30. The van der Waals surface area contributed by atoms with Crippen molar-refractivity contribution in [3.05, 3.63) is 54.1 Å². The van der Waals surface area contributed by atoms with Crippen LogP contribution in [0.15, 0.2) is 48.5 Å². The molecule has 1 unspecified atom stereocenters. The summed E-state index contributed by atoms with van der Waals surface area (Å²) in [6.45, 7) is 0.392. The number of hydrogen-bond donors (Lipinski definition) is 1. The average molecular weight is 273 g/mol. The third-order valence-electron chi connectivity index (χ3n) is 2.99. The van der Waals surface area contributed by atoms with Crippen LogP contribution in [-0.2, 0) is 0 Å². The first-order valence-electron chi connectivity index (χ1n) is 6.41. The molecule has 0 aromatic heterocycles. The van der Waals surface area contributed by atoms with Crippen molar-refractivity contribution in [1.82, 2.24) is 0 Å². The molecule has 2 rings (SSSR count). The van der Waals surface area contributed by atoms with Crippen molar-refractivity contribution in [2.24, 2.45) is 5.73 Å². The molecule has 0 amide bonds. The van der Waals surface area contributed by atoms with Crippen LogP contribution in [0.5, 0.6) is 17.2 Å². The SMILES string of the molecule is COc1cc(OC)cc(OC(CN)c2ccccc2)c1. The molecule has 0 radical (unpaired) electrons. The van der Waals surface area contributed by atoms with E-state index in [-0.39, 0.29) is 6.10 Å². The number of hydrogen-bond acceptors (Lipinski definition) is 4. The number of benzene rings is 2. The molecule has 2 aromatic rings. The predicted molar refractivity (Wildman–Crippen MR) is 78.4 cm³/mol. The van der Waals surface area contributed by atoms with Gasteiger partial charge in [-0.1, -0.05) is 30.3 Å². The van der Waals surface area contributed by atoms with Gasteiger partial charge in [0.15, 0.2) is 0 Å². The van der Waals surface area contributed by atoms with E-state index >= 15 is 0 Å². The van der Waals surface area contributed by atoms with Gasteiger partial charge in [-0.25, -0.2) is 0 Å². The third-order valence-corrected chi connectivity index (χ3v) is 2.99. The number of methoxy groups -OCH3 is 2. The first-order chi connectivity index (χ1) is 9.76. The highest BCUT2D eigenvalue weighted by atomic mass is 16.5. The van der Waals surface area contributed by atoms with E-state index < -0.39 is 0 Å². The summed E-state index contributed by atoms with van der Waals surface area (Å²) in [6.07, 6.45) is -0.201. The Balaban J connectivity index is 2.23. The molecule has 0 bridgehead atoms. The van der Waals surface area contributed by atoms with Gasteiger partial charge in [0, 0.05) is 24.7 Å². The summed E-state index contributed by atoms with van der Waals surface area (Å²) in [5.41, 5.74) is 6.84. The smallest absolute Gasteiger partial charge is 0.136 e. The van der Waals surface area contributed by atoms with Gasteiger partial charge in [0.1, 0.15) is 23.4 Å². The lowest BCUT2D eigenvalue weighted by atomic mass is 10.1. The van der Waals surface area contributed by atoms with Crippen molar-refractivity contribution in [2.45, 2.75) is 6.10 Å². The van der Waals surface area contributed by atoms with Gasteiger partial charge in [-0.15, -0.1) is 0 Å². The zero-order valence-corrected chi connectivity index (χ0v) is 11.7. The summed E-state index contributed by atoms with van der Waals surface area (Å²) >= 11 is 0. The second kappa shape index (κ2) is 6.82. The molecule has 2 aromatic carbocycles. The summed E-state index contributed by atoms with van der Waals surface area (Å²) in [5, 5.41) is 0. The van der Waals surface area contributed by atoms with Crippen LogP contribution in [0.2, 0.25) is 0 Å². The van der Waals surface area contributed by atoms with E-state index in [2.05, 4.69) is 0 Å². The van der Waals surface area contributed by atoms with Crippen LogP contribution in [0.25, 0.3) is 0 Å². The zero-order chi connectivity index (χ0) is 14.4. The Bertz CT molecular complexity index is 520. The topological polar surface area (TPSA) is 53.7 Å². The molecule has 0 aliphatic heterocycles. The molecule has 4 nitrogen and oxygen atoms in total. The Labute approximate surface area is 119 Å². The van der Waals surface area contributed by atoms with Crippen LogP contribution in [0.3, 0.4) is 0 Å². The Morgan fingerprint density at radius 2 is 1.45 bits per heavy atom. The lowest BCUT2D eigenvalue weighted by Gasteiger charge is -2.18.